The maximum atomic E-state index is 5.36. The average molecular weight is 841 g/mol. The van der Waals surface area contributed by atoms with Gasteiger partial charge in [0.25, 0.3) is 0 Å². The van der Waals surface area contributed by atoms with E-state index in [1.165, 1.54) is 115 Å². The number of hydrogen-bond donors (Lipinski definition) is 0. The Hall–Kier alpha value is -8.07. The normalized spacial score (nSPS) is 13.8. The van der Waals surface area contributed by atoms with Gasteiger partial charge in [0.1, 0.15) is 5.82 Å². The lowest BCUT2D eigenvalue weighted by molar-refractivity contribution is 0.661. The average Bonchev–Trinajstić information content (AvgIpc) is 3.86. The number of benzene rings is 11. The molecule has 11 aromatic carbocycles. The first kappa shape index (κ1) is 37.3. The highest BCUT2D eigenvalue weighted by Crippen LogP contribution is 2.55. The van der Waals surface area contributed by atoms with E-state index in [1.807, 2.05) is 0 Å². The molecule has 14 rings (SSSR count). The van der Waals surface area contributed by atoms with Crippen molar-refractivity contribution in [1.29, 1.82) is 0 Å². The predicted molar refractivity (Wildman–Crippen MR) is 280 cm³/mol. The van der Waals surface area contributed by atoms with Crippen molar-refractivity contribution in [2.75, 3.05) is 0 Å². The van der Waals surface area contributed by atoms with Crippen LogP contribution in [0.15, 0.2) is 200 Å². The van der Waals surface area contributed by atoms with E-state index < -0.39 is 0 Å². The standard InChI is InChI=1S/C64H44N2/c1-64(2)57-36-41(63-65-59-30-16-17-31-60(59)66(63)42-20-4-3-5-21-42)32-33-49(57)52-37-55-56(38-58(52)64)62(54-35-40-19-7-9-23-44(40)46-25-11-13-27-48(46)54)51-29-15-14-28-50(51)61(55)53-34-39-18-6-8-22-43(39)45-24-10-12-26-47(45)53/h3-16,18-30,32-38H,17,31H2,1-2H3. The Balaban J connectivity index is 1.10. The van der Waals surface area contributed by atoms with Crippen molar-refractivity contribution < 1.29 is 0 Å². The van der Waals surface area contributed by atoms with Crippen LogP contribution in [0.25, 0.3) is 121 Å². The number of imidazole rings is 1. The molecule has 0 spiro atoms. The Labute approximate surface area is 383 Å². The largest absolute Gasteiger partial charge is 0.296 e. The van der Waals surface area contributed by atoms with Crippen molar-refractivity contribution in [2.45, 2.75) is 32.1 Å². The molecule has 2 aliphatic rings. The lowest BCUT2D eigenvalue weighted by atomic mass is 9.78. The van der Waals surface area contributed by atoms with Crippen LogP contribution >= 0.6 is 0 Å². The zero-order chi connectivity index (χ0) is 43.7. The molecule has 0 N–H and O–H groups in total. The third-order valence-electron chi connectivity index (χ3n) is 15.0. The monoisotopic (exact) mass is 840 g/mol. The van der Waals surface area contributed by atoms with Gasteiger partial charge in [-0.05, 0) is 171 Å². The summed E-state index contributed by atoms with van der Waals surface area (Å²) in [7, 11) is 0. The fourth-order valence-corrected chi connectivity index (χ4v) is 12.0. The summed E-state index contributed by atoms with van der Waals surface area (Å²) in [5.74, 6) is 1.000. The van der Waals surface area contributed by atoms with Gasteiger partial charge < -0.3 is 0 Å². The van der Waals surface area contributed by atoms with Gasteiger partial charge in [0.15, 0.2) is 0 Å². The molecule has 0 radical (unpaired) electrons. The van der Waals surface area contributed by atoms with Crippen LogP contribution in [0, 0.1) is 0 Å². The minimum Gasteiger partial charge on any atom is -0.296 e. The summed E-state index contributed by atoms with van der Waals surface area (Å²) in [6, 6.07) is 72.9. The van der Waals surface area contributed by atoms with Gasteiger partial charge in [-0.1, -0.05) is 172 Å². The Morgan fingerprint density at radius 2 is 0.939 bits per heavy atom. The predicted octanol–water partition coefficient (Wildman–Crippen LogP) is 17.1. The minimum atomic E-state index is -0.289. The number of fused-ring (bicyclic) bond motifs is 12. The number of allylic oxidation sites excluding steroid dienone is 1. The smallest absolute Gasteiger partial charge is 0.145 e. The van der Waals surface area contributed by atoms with Gasteiger partial charge >= 0.3 is 0 Å². The molecule has 12 aromatic rings. The molecule has 1 heterocycles. The quantitative estimate of drug-likeness (QED) is 0.127. The zero-order valence-corrected chi connectivity index (χ0v) is 36.9. The van der Waals surface area contributed by atoms with Gasteiger partial charge in [-0.25, -0.2) is 4.98 Å². The molecule has 0 atom stereocenters. The number of para-hydroxylation sites is 1. The molecule has 0 unspecified atom stereocenters. The summed E-state index contributed by atoms with van der Waals surface area (Å²) in [6.45, 7) is 4.85. The maximum Gasteiger partial charge on any atom is 0.145 e. The summed E-state index contributed by atoms with van der Waals surface area (Å²) >= 11 is 0. The van der Waals surface area contributed by atoms with Gasteiger partial charge in [0.2, 0.25) is 0 Å². The van der Waals surface area contributed by atoms with Crippen LogP contribution < -0.4 is 0 Å². The molecule has 0 amide bonds. The summed E-state index contributed by atoms with van der Waals surface area (Å²) in [4.78, 5) is 5.36. The Kier molecular flexibility index (Phi) is 7.90. The second-order valence-corrected chi connectivity index (χ2v) is 18.9. The van der Waals surface area contributed by atoms with Crippen LogP contribution in [0.1, 0.15) is 42.8 Å². The van der Waals surface area contributed by atoms with E-state index in [9.17, 15) is 0 Å². The third kappa shape index (κ3) is 5.27. The fraction of sp³-hybridized carbons (Fsp3) is 0.0781. The van der Waals surface area contributed by atoms with E-state index in [2.05, 4.69) is 225 Å². The first-order valence-electron chi connectivity index (χ1n) is 23.3. The topological polar surface area (TPSA) is 17.8 Å². The van der Waals surface area contributed by atoms with Crippen molar-refractivity contribution in [3.8, 4) is 50.5 Å². The van der Waals surface area contributed by atoms with Crippen LogP contribution in [0.5, 0.6) is 0 Å². The van der Waals surface area contributed by atoms with Crippen molar-refractivity contribution >= 4 is 70.7 Å². The van der Waals surface area contributed by atoms with Crippen LogP contribution in [0.3, 0.4) is 0 Å². The highest BCUT2D eigenvalue weighted by Gasteiger charge is 2.37. The summed E-state index contributed by atoms with van der Waals surface area (Å²) < 4.78 is 2.40. The van der Waals surface area contributed by atoms with E-state index in [1.54, 1.807) is 0 Å². The van der Waals surface area contributed by atoms with E-state index in [0.29, 0.717) is 0 Å². The molecule has 66 heavy (non-hydrogen) atoms. The van der Waals surface area contributed by atoms with E-state index in [0.717, 1.165) is 35.6 Å². The lowest BCUT2D eigenvalue weighted by Gasteiger charge is -2.25. The van der Waals surface area contributed by atoms with Gasteiger partial charge in [0, 0.05) is 16.7 Å². The zero-order valence-electron chi connectivity index (χ0n) is 36.9. The highest BCUT2D eigenvalue weighted by atomic mass is 15.1. The van der Waals surface area contributed by atoms with Crippen molar-refractivity contribution in [1.82, 2.24) is 9.55 Å². The van der Waals surface area contributed by atoms with Gasteiger partial charge in [-0.15, -0.1) is 0 Å². The first-order valence-corrected chi connectivity index (χ1v) is 23.3. The maximum absolute atomic E-state index is 5.36. The van der Waals surface area contributed by atoms with Gasteiger partial charge in [0.05, 0.1) is 11.4 Å². The molecule has 0 saturated carbocycles. The number of aromatic nitrogens is 2. The summed E-state index contributed by atoms with van der Waals surface area (Å²) in [5, 5.41) is 15.2. The minimum absolute atomic E-state index is 0.289. The molecule has 2 aliphatic carbocycles. The Morgan fingerprint density at radius 1 is 0.424 bits per heavy atom. The van der Waals surface area contributed by atoms with Gasteiger partial charge in [-0.3, -0.25) is 4.57 Å². The molecular formula is C64H44N2. The van der Waals surface area contributed by atoms with Crippen molar-refractivity contribution in [3.63, 3.8) is 0 Å². The molecule has 2 heteroatoms. The molecule has 1 aromatic heterocycles. The van der Waals surface area contributed by atoms with Crippen molar-refractivity contribution in [3.05, 3.63) is 223 Å². The fourth-order valence-electron chi connectivity index (χ4n) is 12.0. The molecule has 310 valence electrons. The second kappa shape index (κ2) is 14.0. The third-order valence-corrected chi connectivity index (χ3v) is 15.0. The van der Waals surface area contributed by atoms with Crippen LogP contribution in [0.4, 0.5) is 0 Å². The highest BCUT2D eigenvalue weighted by molar-refractivity contribution is 6.29. The lowest BCUT2D eigenvalue weighted by Crippen LogP contribution is -2.15. The second-order valence-electron chi connectivity index (χ2n) is 18.9. The SMILES string of the molecule is CC1(C)c2cc(-c3nc4c(n3-c3ccccc3)CCC=C4)ccc2-c2cc3c(-c4cc5ccccc5c5ccccc45)c4ccccc4c(-c4cc5ccccc5c5ccccc45)c3cc21. The summed E-state index contributed by atoms with van der Waals surface area (Å²) in [5.41, 5.74) is 14.7. The molecule has 2 nitrogen and oxygen atoms in total. The Morgan fingerprint density at radius 3 is 1.56 bits per heavy atom. The summed E-state index contributed by atoms with van der Waals surface area (Å²) in [6.07, 6.45) is 6.46. The first-order chi connectivity index (χ1) is 32.5. The molecule has 0 bridgehead atoms. The van der Waals surface area contributed by atoms with Crippen LogP contribution in [-0.2, 0) is 11.8 Å². The number of hydrogen-bond acceptors (Lipinski definition) is 1. The Bertz CT molecular complexity index is 4070. The van der Waals surface area contributed by atoms with Gasteiger partial charge in [-0.2, -0.15) is 0 Å². The molecule has 0 saturated heterocycles. The molecule has 0 aliphatic heterocycles. The number of rotatable bonds is 4. The molecule has 0 fully saturated rings. The van der Waals surface area contributed by atoms with Crippen LogP contribution in [0.2, 0.25) is 0 Å². The molecular weight excluding hydrogens is 797 g/mol. The van der Waals surface area contributed by atoms with Crippen LogP contribution in [-0.4, -0.2) is 9.55 Å². The van der Waals surface area contributed by atoms with Crippen molar-refractivity contribution in [2.24, 2.45) is 0 Å². The van der Waals surface area contributed by atoms with E-state index in [4.69, 9.17) is 4.98 Å². The van der Waals surface area contributed by atoms with E-state index in [-0.39, 0.29) is 5.41 Å². The number of nitrogens with zero attached hydrogens (tertiary/aromatic N) is 2. The van der Waals surface area contributed by atoms with E-state index >= 15 is 0 Å².